The molecule has 1 saturated carbocycles. The van der Waals surface area contributed by atoms with Gasteiger partial charge in [0.25, 0.3) is 0 Å². The summed E-state index contributed by atoms with van der Waals surface area (Å²) in [6.45, 7) is 8.63. The maximum atomic E-state index is 5.52. The van der Waals surface area contributed by atoms with Crippen LogP contribution in [-0.2, 0) is 6.54 Å². The summed E-state index contributed by atoms with van der Waals surface area (Å²) in [5, 5.41) is 8.15. The van der Waals surface area contributed by atoms with Crippen molar-refractivity contribution in [1.29, 1.82) is 0 Å². The van der Waals surface area contributed by atoms with Crippen LogP contribution in [0.15, 0.2) is 6.20 Å². The molecule has 2 rings (SSSR count). The Kier molecular flexibility index (Phi) is 4.86. The molecule has 108 valence electrons. The number of aromatic nitrogens is 2. The lowest BCUT2D eigenvalue weighted by Crippen LogP contribution is -2.31. The van der Waals surface area contributed by atoms with E-state index in [1.165, 1.54) is 18.5 Å². The summed E-state index contributed by atoms with van der Waals surface area (Å²) in [6, 6.07) is 0.352. The van der Waals surface area contributed by atoms with Crippen molar-refractivity contribution in [2.75, 3.05) is 13.7 Å². The molecule has 0 amide bonds. The molecule has 1 aromatic heterocycles. The maximum absolute atomic E-state index is 5.52. The summed E-state index contributed by atoms with van der Waals surface area (Å²) in [5.74, 6) is 2.42. The van der Waals surface area contributed by atoms with Gasteiger partial charge in [0.05, 0.1) is 25.0 Å². The largest absolute Gasteiger partial charge is 0.493 e. The predicted molar refractivity (Wildman–Crippen MR) is 77.4 cm³/mol. The van der Waals surface area contributed by atoms with Gasteiger partial charge in [0.2, 0.25) is 0 Å². The lowest BCUT2D eigenvalue weighted by molar-refractivity contribution is 0.315. The zero-order valence-electron chi connectivity index (χ0n) is 12.6. The number of aryl methyl sites for hydroxylation is 1. The molecule has 0 saturated heterocycles. The second-order valence-electron chi connectivity index (χ2n) is 5.54. The molecule has 1 aliphatic rings. The third-order valence-corrected chi connectivity index (χ3v) is 4.16. The smallest absolute Gasteiger partial charge is 0.161 e. The minimum absolute atomic E-state index is 0.352. The topological polar surface area (TPSA) is 39.1 Å². The summed E-state index contributed by atoms with van der Waals surface area (Å²) >= 11 is 0. The summed E-state index contributed by atoms with van der Waals surface area (Å²) in [7, 11) is 1.74. The molecule has 19 heavy (non-hydrogen) atoms. The van der Waals surface area contributed by atoms with E-state index in [1.807, 2.05) is 6.20 Å². The fraction of sp³-hybridized carbons (Fsp3) is 0.800. The average molecular weight is 265 g/mol. The van der Waals surface area contributed by atoms with Gasteiger partial charge in [-0.05, 0) is 44.6 Å². The second-order valence-corrected chi connectivity index (χ2v) is 5.54. The minimum Gasteiger partial charge on any atom is -0.493 e. The Morgan fingerprint density at radius 1 is 1.47 bits per heavy atom. The van der Waals surface area contributed by atoms with E-state index in [1.54, 1.807) is 7.11 Å². The zero-order valence-corrected chi connectivity index (χ0v) is 12.6. The summed E-state index contributed by atoms with van der Waals surface area (Å²) in [4.78, 5) is 0. The first-order chi connectivity index (χ1) is 9.22. The van der Waals surface area contributed by atoms with E-state index in [0.29, 0.717) is 12.0 Å². The average Bonchev–Trinajstić information content (AvgIpc) is 3.20. The standard InChI is InChI=1S/C15H27N3O/c1-5-9-16-14(11(3)12-7-8-12)15-13(19-4)10-17-18(15)6-2/h10-12,14,16H,5-9H2,1-4H3. The van der Waals surface area contributed by atoms with Crippen molar-refractivity contribution in [2.45, 2.75) is 52.6 Å². The number of nitrogens with one attached hydrogen (secondary N) is 1. The molecule has 4 heteroatoms. The molecular weight excluding hydrogens is 238 g/mol. The third kappa shape index (κ3) is 3.11. The van der Waals surface area contributed by atoms with Gasteiger partial charge >= 0.3 is 0 Å². The summed E-state index contributed by atoms with van der Waals surface area (Å²) in [6.07, 6.45) is 5.73. The van der Waals surface area contributed by atoms with Gasteiger partial charge in [-0.3, -0.25) is 4.68 Å². The van der Waals surface area contributed by atoms with E-state index in [2.05, 4.69) is 35.9 Å². The van der Waals surface area contributed by atoms with E-state index < -0.39 is 0 Å². The van der Waals surface area contributed by atoms with Gasteiger partial charge in [-0.1, -0.05) is 13.8 Å². The molecule has 0 radical (unpaired) electrons. The van der Waals surface area contributed by atoms with E-state index in [4.69, 9.17) is 4.74 Å². The van der Waals surface area contributed by atoms with Gasteiger partial charge in [0.15, 0.2) is 5.75 Å². The molecule has 1 aromatic rings. The number of methoxy groups -OCH3 is 1. The quantitative estimate of drug-likeness (QED) is 0.785. The Morgan fingerprint density at radius 2 is 2.21 bits per heavy atom. The first-order valence-corrected chi connectivity index (χ1v) is 7.55. The highest BCUT2D eigenvalue weighted by molar-refractivity contribution is 5.29. The third-order valence-electron chi connectivity index (χ3n) is 4.16. The van der Waals surface area contributed by atoms with Crippen molar-refractivity contribution in [1.82, 2.24) is 15.1 Å². The van der Waals surface area contributed by atoms with Crippen LogP contribution in [0.5, 0.6) is 5.75 Å². The Morgan fingerprint density at radius 3 is 2.74 bits per heavy atom. The second kappa shape index (κ2) is 6.42. The number of rotatable bonds is 8. The molecule has 0 bridgehead atoms. The number of hydrogen-bond donors (Lipinski definition) is 1. The van der Waals surface area contributed by atoms with Crippen LogP contribution in [0.4, 0.5) is 0 Å². The molecule has 1 N–H and O–H groups in total. The molecule has 0 spiro atoms. The normalized spacial score (nSPS) is 18.3. The number of nitrogens with zero attached hydrogens (tertiary/aromatic N) is 2. The molecule has 0 aliphatic heterocycles. The molecule has 2 atom stereocenters. The van der Waals surface area contributed by atoms with Crippen molar-refractivity contribution in [3.05, 3.63) is 11.9 Å². The highest BCUT2D eigenvalue weighted by Crippen LogP contribution is 2.44. The van der Waals surface area contributed by atoms with E-state index in [-0.39, 0.29) is 0 Å². The fourth-order valence-corrected chi connectivity index (χ4v) is 2.83. The number of hydrogen-bond acceptors (Lipinski definition) is 3. The van der Waals surface area contributed by atoms with E-state index in [9.17, 15) is 0 Å². The van der Waals surface area contributed by atoms with Gasteiger partial charge in [-0.25, -0.2) is 0 Å². The Bertz CT molecular complexity index is 377. The lowest BCUT2D eigenvalue weighted by atomic mass is 9.93. The highest BCUT2D eigenvalue weighted by Gasteiger charge is 2.36. The minimum atomic E-state index is 0.352. The summed E-state index contributed by atoms with van der Waals surface area (Å²) < 4.78 is 7.59. The Balaban J connectivity index is 2.27. The highest BCUT2D eigenvalue weighted by atomic mass is 16.5. The van der Waals surface area contributed by atoms with Gasteiger partial charge in [0, 0.05) is 6.54 Å². The molecule has 2 unspecified atom stereocenters. The van der Waals surface area contributed by atoms with Crippen LogP contribution in [0, 0.1) is 11.8 Å². The first kappa shape index (κ1) is 14.4. The molecular formula is C15H27N3O. The zero-order chi connectivity index (χ0) is 13.8. The van der Waals surface area contributed by atoms with Crippen molar-refractivity contribution >= 4 is 0 Å². The molecule has 0 aromatic carbocycles. The van der Waals surface area contributed by atoms with Gasteiger partial charge < -0.3 is 10.1 Å². The number of ether oxygens (including phenoxy) is 1. The Hall–Kier alpha value is -1.03. The Labute approximate surface area is 116 Å². The van der Waals surface area contributed by atoms with Crippen LogP contribution in [0.1, 0.15) is 51.8 Å². The van der Waals surface area contributed by atoms with Crippen molar-refractivity contribution in [2.24, 2.45) is 11.8 Å². The van der Waals surface area contributed by atoms with Gasteiger partial charge in [-0.2, -0.15) is 5.10 Å². The van der Waals surface area contributed by atoms with E-state index in [0.717, 1.165) is 31.2 Å². The molecule has 4 nitrogen and oxygen atoms in total. The fourth-order valence-electron chi connectivity index (χ4n) is 2.83. The molecule has 1 fully saturated rings. The molecule has 1 aliphatic carbocycles. The predicted octanol–water partition coefficient (Wildman–Crippen LogP) is 3.00. The summed E-state index contributed by atoms with van der Waals surface area (Å²) in [5.41, 5.74) is 1.22. The maximum Gasteiger partial charge on any atom is 0.161 e. The molecule has 1 heterocycles. The van der Waals surface area contributed by atoms with Gasteiger partial charge in [-0.15, -0.1) is 0 Å². The van der Waals surface area contributed by atoms with Crippen LogP contribution < -0.4 is 10.1 Å². The van der Waals surface area contributed by atoms with Gasteiger partial charge in [0.1, 0.15) is 0 Å². The van der Waals surface area contributed by atoms with Crippen LogP contribution in [0.2, 0.25) is 0 Å². The van der Waals surface area contributed by atoms with Crippen LogP contribution >= 0.6 is 0 Å². The van der Waals surface area contributed by atoms with E-state index >= 15 is 0 Å². The SMILES string of the molecule is CCCNC(c1c(OC)cnn1CC)C(C)C1CC1. The first-order valence-electron chi connectivity index (χ1n) is 7.55. The van der Waals surface area contributed by atoms with Crippen LogP contribution in [0.3, 0.4) is 0 Å². The lowest BCUT2D eigenvalue weighted by Gasteiger charge is -2.26. The van der Waals surface area contributed by atoms with Crippen molar-refractivity contribution < 1.29 is 4.74 Å². The van der Waals surface area contributed by atoms with Crippen molar-refractivity contribution in [3.8, 4) is 5.75 Å². The van der Waals surface area contributed by atoms with Crippen molar-refractivity contribution in [3.63, 3.8) is 0 Å². The van der Waals surface area contributed by atoms with Crippen LogP contribution in [-0.4, -0.2) is 23.4 Å². The monoisotopic (exact) mass is 265 g/mol. The van der Waals surface area contributed by atoms with Crippen LogP contribution in [0.25, 0.3) is 0 Å².